The third-order valence-corrected chi connectivity index (χ3v) is 3.11. The van der Waals surface area contributed by atoms with Gasteiger partial charge in [-0.25, -0.2) is 4.39 Å². The standard InChI is InChI=1S/C14H11BrFN3O3/c15-11-6-10(16)3-4-12(11)22-8-13(20)18-19-14(21)9-2-1-5-17-7-9/h1-7H,8H2,(H,18,20)(H,19,21). The van der Waals surface area contributed by atoms with Crippen LogP contribution in [0.2, 0.25) is 0 Å². The number of benzene rings is 1. The molecule has 114 valence electrons. The van der Waals surface area contributed by atoms with Crippen LogP contribution < -0.4 is 15.6 Å². The second-order valence-electron chi connectivity index (χ2n) is 4.11. The van der Waals surface area contributed by atoms with E-state index in [4.69, 9.17) is 4.74 Å². The molecule has 0 saturated heterocycles. The van der Waals surface area contributed by atoms with Crippen molar-refractivity contribution in [3.63, 3.8) is 0 Å². The molecule has 1 heterocycles. The highest BCUT2D eigenvalue weighted by Gasteiger charge is 2.09. The fourth-order valence-corrected chi connectivity index (χ4v) is 1.93. The Labute approximate surface area is 133 Å². The minimum atomic E-state index is -0.562. The summed E-state index contributed by atoms with van der Waals surface area (Å²) in [7, 11) is 0. The number of ether oxygens (including phenoxy) is 1. The minimum Gasteiger partial charge on any atom is -0.483 e. The fraction of sp³-hybridized carbons (Fsp3) is 0.0714. The van der Waals surface area contributed by atoms with Gasteiger partial charge in [0.1, 0.15) is 11.6 Å². The highest BCUT2D eigenvalue weighted by Crippen LogP contribution is 2.25. The molecule has 0 aliphatic heterocycles. The fourth-order valence-electron chi connectivity index (χ4n) is 1.47. The van der Waals surface area contributed by atoms with Crippen molar-refractivity contribution < 1.29 is 18.7 Å². The van der Waals surface area contributed by atoms with E-state index < -0.39 is 17.6 Å². The zero-order chi connectivity index (χ0) is 15.9. The molecule has 8 heteroatoms. The van der Waals surface area contributed by atoms with Crippen LogP contribution in [0.15, 0.2) is 47.2 Å². The first-order valence-corrected chi connectivity index (χ1v) is 6.92. The molecule has 0 aliphatic carbocycles. The number of aromatic nitrogens is 1. The van der Waals surface area contributed by atoms with Crippen molar-refractivity contribution in [2.24, 2.45) is 0 Å². The Bertz CT molecular complexity index is 682. The summed E-state index contributed by atoms with van der Waals surface area (Å²) in [6.07, 6.45) is 2.90. The molecule has 1 aromatic heterocycles. The van der Waals surface area contributed by atoms with Crippen LogP contribution in [-0.2, 0) is 4.79 Å². The highest BCUT2D eigenvalue weighted by atomic mass is 79.9. The van der Waals surface area contributed by atoms with Crippen molar-refractivity contribution in [2.45, 2.75) is 0 Å². The maximum Gasteiger partial charge on any atom is 0.276 e. The van der Waals surface area contributed by atoms with Gasteiger partial charge < -0.3 is 4.74 Å². The molecule has 0 spiro atoms. The number of hydrogen-bond donors (Lipinski definition) is 2. The number of nitrogens with zero attached hydrogens (tertiary/aromatic N) is 1. The van der Waals surface area contributed by atoms with Crippen LogP contribution in [0.3, 0.4) is 0 Å². The van der Waals surface area contributed by atoms with Crippen molar-refractivity contribution in [3.05, 3.63) is 58.6 Å². The molecule has 0 atom stereocenters. The number of pyridine rings is 1. The lowest BCUT2D eigenvalue weighted by Crippen LogP contribution is -2.43. The average Bonchev–Trinajstić information content (AvgIpc) is 2.52. The van der Waals surface area contributed by atoms with Gasteiger partial charge in [-0.15, -0.1) is 0 Å². The average molecular weight is 368 g/mol. The van der Waals surface area contributed by atoms with Crippen LogP contribution in [0, 0.1) is 5.82 Å². The number of amides is 2. The molecule has 0 aliphatic rings. The first-order valence-electron chi connectivity index (χ1n) is 6.13. The molecule has 0 unspecified atom stereocenters. The Morgan fingerprint density at radius 3 is 2.77 bits per heavy atom. The van der Waals surface area contributed by atoms with E-state index in [1.54, 1.807) is 12.1 Å². The molecular formula is C14H11BrFN3O3. The quantitative estimate of drug-likeness (QED) is 0.807. The van der Waals surface area contributed by atoms with Gasteiger partial charge in [0.05, 0.1) is 10.0 Å². The molecule has 2 aromatic rings. The van der Waals surface area contributed by atoms with Crippen LogP contribution in [-0.4, -0.2) is 23.4 Å². The molecule has 0 saturated carbocycles. The Hall–Kier alpha value is -2.48. The molecule has 6 nitrogen and oxygen atoms in total. The van der Waals surface area contributed by atoms with Gasteiger partial charge in [0.15, 0.2) is 6.61 Å². The topological polar surface area (TPSA) is 80.3 Å². The van der Waals surface area contributed by atoms with Gasteiger partial charge in [0.2, 0.25) is 0 Å². The first kappa shape index (κ1) is 15.9. The molecule has 1 aromatic carbocycles. The Morgan fingerprint density at radius 1 is 1.27 bits per heavy atom. The minimum absolute atomic E-state index is 0.310. The predicted octanol–water partition coefficient (Wildman–Crippen LogP) is 1.82. The van der Waals surface area contributed by atoms with Crippen LogP contribution in [0.5, 0.6) is 5.75 Å². The molecular weight excluding hydrogens is 357 g/mol. The molecule has 0 bridgehead atoms. The zero-order valence-electron chi connectivity index (χ0n) is 11.2. The predicted molar refractivity (Wildman–Crippen MR) is 79.4 cm³/mol. The summed E-state index contributed by atoms with van der Waals surface area (Å²) in [6, 6.07) is 6.98. The van der Waals surface area contributed by atoms with E-state index in [-0.39, 0.29) is 6.61 Å². The van der Waals surface area contributed by atoms with E-state index in [1.165, 1.54) is 30.6 Å². The van der Waals surface area contributed by atoms with E-state index in [0.717, 1.165) is 0 Å². The summed E-state index contributed by atoms with van der Waals surface area (Å²) in [5, 5.41) is 0. The van der Waals surface area contributed by atoms with Crippen molar-refractivity contribution in [3.8, 4) is 5.75 Å². The monoisotopic (exact) mass is 367 g/mol. The molecule has 0 radical (unpaired) electrons. The van der Waals surface area contributed by atoms with Gasteiger partial charge in [-0.1, -0.05) is 0 Å². The number of carbonyl (C=O) groups is 2. The second kappa shape index (κ2) is 7.51. The summed E-state index contributed by atoms with van der Waals surface area (Å²) in [5.74, 6) is -1.17. The van der Waals surface area contributed by atoms with Crippen molar-refractivity contribution in [2.75, 3.05) is 6.61 Å². The number of halogens is 2. The Morgan fingerprint density at radius 2 is 2.09 bits per heavy atom. The smallest absolute Gasteiger partial charge is 0.276 e. The molecule has 2 rings (SSSR count). The number of carbonyl (C=O) groups excluding carboxylic acids is 2. The van der Waals surface area contributed by atoms with Gasteiger partial charge >= 0.3 is 0 Å². The second-order valence-corrected chi connectivity index (χ2v) is 4.96. The van der Waals surface area contributed by atoms with E-state index in [2.05, 4.69) is 31.8 Å². The van der Waals surface area contributed by atoms with Gasteiger partial charge in [-0.3, -0.25) is 25.4 Å². The SMILES string of the molecule is O=C(COc1ccc(F)cc1Br)NNC(=O)c1cccnc1. The molecule has 0 fully saturated rings. The maximum absolute atomic E-state index is 12.9. The van der Waals surface area contributed by atoms with Crippen molar-refractivity contribution in [1.29, 1.82) is 0 Å². The van der Waals surface area contributed by atoms with E-state index in [0.29, 0.717) is 15.8 Å². The Balaban J connectivity index is 1.80. The van der Waals surface area contributed by atoms with Crippen LogP contribution in [0.4, 0.5) is 4.39 Å². The van der Waals surface area contributed by atoms with E-state index in [1.807, 2.05) is 0 Å². The number of hydrogen-bond acceptors (Lipinski definition) is 4. The van der Waals surface area contributed by atoms with Gasteiger partial charge in [-0.2, -0.15) is 0 Å². The normalized spacial score (nSPS) is 9.91. The third-order valence-electron chi connectivity index (χ3n) is 2.49. The molecule has 2 amide bonds. The Kier molecular flexibility index (Phi) is 5.42. The summed E-state index contributed by atoms with van der Waals surface area (Å²) in [5.41, 5.74) is 4.74. The van der Waals surface area contributed by atoms with E-state index >= 15 is 0 Å². The van der Waals surface area contributed by atoms with Crippen LogP contribution >= 0.6 is 15.9 Å². The summed E-state index contributed by atoms with van der Waals surface area (Å²) in [4.78, 5) is 27.0. The number of nitrogens with one attached hydrogen (secondary N) is 2. The summed E-state index contributed by atoms with van der Waals surface area (Å²) < 4.78 is 18.5. The number of rotatable bonds is 4. The van der Waals surface area contributed by atoms with Crippen molar-refractivity contribution in [1.82, 2.24) is 15.8 Å². The lowest BCUT2D eigenvalue weighted by molar-refractivity contribution is -0.123. The van der Waals surface area contributed by atoms with Gasteiger partial charge in [-0.05, 0) is 46.3 Å². The van der Waals surface area contributed by atoms with Gasteiger partial charge in [0, 0.05) is 12.4 Å². The largest absolute Gasteiger partial charge is 0.483 e. The lowest BCUT2D eigenvalue weighted by atomic mass is 10.3. The maximum atomic E-state index is 12.9. The van der Waals surface area contributed by atoms with Crippen LogP contribution in [0.25, 0.3) is 0 Å². The van der Waals surface area contributed by atoms with Gasteiger partial charge in [0.25, 0.3) is 11.8 Å². The lowest BCUT2D eigenvalue weighted by Gasteiger charge is -2.09. The van der Waals surface area contributed by atoms with Crippen molar-refractivity contribution >= 4 is 27.7 Å². The zero-order valence-corrected chi connectivity index (χ0v) is 12.8. The summed E-state index contributed by atoms with van der Waals surface area (Å²) in [6.45, 7) is -0.336. The highest BCUT2D eigenvalue weighted by molar-refractivity contribution is 9.10. The summed E-state index contributed by atoms with van der Waals surface area (Å²) >= 11 is 3.12. The van der Waals surface area contributed by atoms with E-state index in [9.17, 15) is 14.0 Å². The first-order chi connectivity index (χ1) is 10.6. The molecule has 2 N–H and O–H groups in total. The molecule has 22 heavy (non-hydrogen) atoms. The third kappa shape index (κ3) is 4.52. The van der Waals surface area contributed by atoms with Crippen LogP contribution in [0.1, 0.15) is 10.4 Å². The number of hydrazine groups is 1.